The van der Waals surface area contributed by atoms with Crippen LogP contribution in [0.1, 0.15) is 55.0 Å². The molecule has 2 fully saturated rings. The Morgan fingerprint density at radius 1 is 1.29 bits per heavy atom. The Morgan fingerprint density at radius 3 is 2.59 bits per heavy atom. The van der Waals surface area contributed by atoms with Gasteiger partial charge < -0.3 is 10.6 Å². The average Bonchev–Trinajstić information content (AvgIpc) is 3.39. The van der Waals surface area contributed by atoms with Crippen LogP contribution in [0.3, 0.4) is 0 Å². The Bertz CT molecular complexity index is 1200. The molecule has 180 valence electrons. The highest BCUT2D eigenvalue weighted by Gasteiger charge is 2.44. The molecule has 6 nitrogen and oxygen atoms in total. The van der Waals surface area contributed by atoms with Crippen LogP contribution in [0.5, 0.6) is 0 Å². The predicted octanol–water partition coefficient (Wildman–Crippen LogP) is 5.35. The number of aromatic nitrogens is 4. The lowest BCUT2D eigenvalue weighted by atomic mass is 9.88. The first kappa shape index (κ1) is 24.0. The zero-order valence-corrected chi connectivity index (χ0v) is 20.0. The maximum Gasteiger partial charge on any atom is 0.251 e. The first-order valence-electron chi connectivity index (χ1n) is 11.6. The molecule has 2 N–H and O–H groups in total. The molecule has 34 heavy (non-hydrogen) atoms. The molecule has 3 heterocycles. The summed E-state index contributed by atoms with van der Waals surface area (Å²) in [5.74, 6) is -1.68. The molecular weight excluding hydrogens is 434 g/mol. The van der Waals surface area contributed by atoms with Crippen molar-refractivity contribution < 1.29 is 8.78 Å². The molecule has 0 aromatic carbocycles. The molecule has 0 bridgehead atoms. The molecule has 0 aliphatic heterocycles. The van der Waals surface area contributed by atoms with Crippen LogP contribution in [-0.4, -0.2) is 45.1 Å². The zero-order valence-electron chi connectivity index (χ0n) is 20.0. The summed E-state index contributed by atoms with van der Waals surface area (Å²) in [5, 5.41) is 10.5. The van der Waals surface area contributed by atoms with Gasteiger partial charge in [0.1, 0.15) is 0 Å². The number of rotatable bonds is 7. The van der Waals surface area contributed by atoms with Crippen molar-refractivity contribution >= 4 is 23.1 Å². The van der Waals surface area contributed by atoms with Gasteiger partial charge in [-0.25, -0.2) is 23.3 Å². The second-order valence-corrected chi connectivity index (χ2v) is 9.63. The Labute approximate surface area is 199 Å². The van der Waals surface area contributed by atoms with Gasteiger partial charge in [0.15, 0.2) is 0 Å². The standard InChI is InChI=1S/C21H23N5.C5H9F2N/c1-5-16-11-24-26-9-6-17(10-19(16)26)14(2)18-12-22-20(25-15(18)3)23-13-21(4)7-8-21;1-8-4-2-5(6,7)3-4/h5-6,9-12H,1-2,7-8,13H2,3-4H3,(H,22,23,25);4,8H,2-3H2,1H3. The van der Waals surface area contributed by atoms with Crippen LogP contribution >= 0.6 is 0 Å². The van der Waals surface area contributed by atoms with Gasteiger partial charge in [0, 0.05) is 48.9 Å². The molecule has 5 rings (SSSR count). The Balaban J connectivity index is 0.000000291. The Hall–Kier alpha value is -3.13. The molecule has 2 aliphatic rings. The number of hydrogen-bond donors (Lipinski definition) is 2. The average molecular weight is 467 g/mol. The van der Waals surface area contributed by atoms with Crippen molar-refractivity contribution in [3.8, 4) is 0 Å². The van der Waals surface area contributed by atoms with E-state index in [-0.39, 0.29) is 18.9 Å². The van der Waals surface area contributed by atoms with Gasteiger partial charge >= 0.3 is 0 Å². The molecule has 0 radical (unpaired) electrons. The van der Waals surface area contributed by atoms with E-state index < -0.39 is 5.92 Å². The van der Waals surface area contributed by atoms with Crippen LogP contribution in [0, 0.1) is 12.3 Å². The van der Waals surface area contributed by atoms with Crippen LogP contribution in [0.4, 0.5) is 14.7 Å². The number of alkyl halides is 2. The van der Waals surface area contributed by atoms with E-state index in [2.05, 4.69) is 51.8 Å². The fraction of sp³-hybridized carbons (Fsp3) is 0.423. The molecule has 3 aromatic heterocycles. The van der Waals surface area contributed by atoms with Crippen LogP contribution in [0.2, 0.25) is 0 Å². The molecule has 0 saturated heterocycles. The maximum absolute atomic E-state index is 11.9. The SMILES string of the molecule is C=Cc1cnn2ccc(C(=C)c3cnc(NCC4(C)CC4)nc3C)cc12.CNC1CC(F)(F)C1. The molecule has 8 heteroatoms. The third kappa shape index (κ3) is 5.33. The highest BCUT2D eigenvalue weighted by molar-refractivity contribution is 5.82. The lowest BCUT2D eigenvalue weighted by Gasteiger charge is -2.34. The topological polar surface area (TPSA) is 67.1 Å². The second kappa shape index (κ2) is 9.25. The van der Waals surface area contributed by atoms with E-state index in [1.165, 1.54) is 12.8 Å². The first-order valence-corrected chi connectivity index (χ1v) is 11.6. The van der Waals surface area contributed by atoms with E-state index >= 15 is 0 Å². The summed E-state index contributed by atoms with van der Waals surface area (Å²) in [6.07, 6.45) is 10.00. The number of anilines is 1. The fourth-order valence-corrected chi connectivity index (χ4v) is 3.90. The number of nitrogens with one attached hydrogen (secondary N) is 2. The normalized spacial score (nSPS) is 17.9. The van der Waals surface area contributed by atoms with Gasteiger partial charge in [-0.05, 0) is 55.5 Å². The minimum atomic E-state index is -2.37. The largest absolute Gasteiger partial charge is 0.354 e. The zero-order chi connectivity index (χ0) is 24.5. The van der Waals surface area contributed by atoms with Crippen molar-refractivity contribution in [3.63, 3.8) is 0 Å². The summed E-state index contributed by atoms with van der Waals surface area (Å²) in [6.45, 7) is 13.3. The molecular formula is C26H32F2N6. The van der Waals surface area contributed by atoms with E-state index in [0.29, 0.717) is 11.4 Å². The van der Waals surface area contributed by atoms with Crippen LogP contribution in [0.15, 0.2) is 43.9 Å². The highest BCUT2D eigenvalue weighted by atomic mass is 19.3. The number of aryl methyl sites for hydroxylation is 1. The van der Waals surface area contributed by atoms with Crippen molar-refractivity contribution in [3.05, 3.63) is 66.3 Å². The fourth-order valence-electron chi connectivity index (χ4n) is 3.90. The Kier molecular flexibility index (Phi) is 6.53. The maximum atomic E-state index is 11.9. The summed E-state index contributed by atoms with van der Waals surface area (Å²) < 4.78 is 25.7. The summed E-state index contributed by atoms with van der Waals surface area (Å²) in [5.41, 5.74) is 6.24. The van der Waals surface area contributed by atoms with Gasteiger partial charge in [-0.1, -0.05) is 26.2 Å². The van der Waals surface area contributed by atoms with Crippen LogP contribution in [0.25, 0.3) is 17.2 Å². The summed E-state index contributed by atoms with van der Waals surface area (Å²) in [6, 6.07) is 4.14. The van der Waals surface area contributed by atoms with Gasteiger partial charge in [-0.3, -0.25) is 0 Å². The van der Waals surface area contributed by atoms with Gasteiger partial charge in [-0.15, -0.1) is 0 Å². The van der Waals surface area contributed by atoms with Crippen molar-refractivity contribution in [2.45, 2.75) is 51.5 Å². The van der Waals surface area contributed by atoms with Gasteiger partial charge in [0.25, 0.3) is 5.92 Å². The van der Waals surface area contributed by atoms with E-state index in [4.69, 9.17) is 0 Å². The molecule has 0 atom stereocenters. The minimum absolute atomic E-state index is 0.0174. The van der Waals surface area contributed by atoms with Gasteiger partial charge in [0.2, 0.25) is 5.95 Å². The summed E-state index contributed by atoms with van der Waals surface area (Å²) in [7, 11) is 1.71. The number of pyridine rings is 1. The number of hydrogen-bond acceptors (Lipinski definition) is 5. The second-order valence-electron chi connectivity index (χ2n) is 9.63. The molecule has 0 spiro atoms. The first-order chi connectivity index (χ1) is 16.1. The van der Waals surface area contributed by atoms with E-state index in [0.717, 1.165) is 40.0 Å². The minimum Gasteiger partial charge on any atom is -0.354 e. The molecule has 0 amide bonds. The van der Waals surface area contributed by atoms with Crippen molar-refractivity contribution in [1.82, 2.24) is 24.9 Å². The molecule has 2 aliphatic carbocycles. The van der Waals surface area contributed by atoms with Crippen molar-refractivity contribution in [2.75, 3.05) is 18.9 Å². The smallest absolute Gasteiger partial charge is 0.251 e. The third-order valence-corrected chi connectivity index (χ3v) is 6.70. The van der Waals surface area contributed by atoms with Crippen LogP contribution < -0.4 is 10.6 Å². The van der Waals surface area contributed by atoms with Crippen LogP contribution in [-0.2, 0) is 0 Å². The monoisotopic (exact) mass is 466 g/mol. The van der Waals surface area contributed by atoms with Crippen molar-refractivity contribution in [1.29, 1.82) is 0 Å². The highest BCUT2D eigenvalue weighted by Crippen LogP contribution is 2.44. The third-order valence-electron chi connectivity index (χ3n) is 6.70. The van der Waals surface area contributed by atoms with E-state index in [9.17, 15) is 8.78 Å². The molecule has 3 aromatic rings. The van der Waals surface area contributed by atoms with Gasteiger partial charge in [-0.2, -0.15) is 5.10 Å². The van der Waals surface area contributed by atoms with E-state index in [1.807, 2.05) is 42.2 Å². The van der Waals surface area contributed by atoms with Gasteiger partial charge in [0.05, 0.1) is 17.4 Å². The number of halogens is 2. The predicted molar refractivity (Wildman–Crippen MR) is 133 cm³/mol. The van der Waals surface area contributed by atoms with Crippen molar-refractivity contribution in [2.24, 2.45) is 5.41 Å². The number of fused-ring (bicyclic) bond motifs is 1. The molecule has 2 saturated carbocycles. The lowest BCUT2D eigenvalue weighted by molar-refractivity contribution is -0.0910. The summed E-state index contributed by atoms with van der Waals surface area (Å²) >= 11 is 0. The lowest BCUT2D eigenvalue weighted by Crippen LogP contribution is -2.46. The number of nitrogens with zero attached hydrogens (tertiary/aromatic N) is 4. The summed E-state index contributed by atoms with van der Waals surface area (Å²) in [4.78, 5) is 9.11. The molecule has 0 unspecified atom stereocenters. The Morgan fingerprint density at radius 2 is 2.03 bits per heavy atom. The quantitative estimate of drug-likeness (QED) is 0.491. The van der Waals surface area contributed by atoms with E-state index in [1.54, 1.807) is 7.05 Å².